The second-order valence-electron chi connectivity index (χ2n) is 9.70. The van der Waals surface area contributed by atoms with E-state index in [4.69, 9.17) is 0 Å². The van der Waals surface area contributed by atoms with Crippen LogP contribution >= 0.6 is 0 Å². The van der Waals surface area contributed by atoms with Gasteiger partial charge in [0.25, 0.3) is 5.91 Å². The number of amides is 4. The topological polar surface area (TPSA) is 78.5 Å². The summed E-state index contributed by atoms with van der Waals surface area (Å²) in [4.78, 5) is 39.6. The number of hydrogen-bond donors (Lipinski definition) is 2. The third-order valence-electron chi connectivity index (χ3n) is 7.73. The van der Waals surface area contributed by atoms with Crippen molar-refractivity contribution in [2.45, 2.75) is 51.1 Å². The van der Waals surface area contributed by atoms with Gasteiger partial charge in [0.2, 0.25) is 5.91 Å². The highest BCUT2D eigenvalue weighted by atomic mass is 16.2. The Morgan fingerprint density at radius 2 is 1.94 bits per heavy atom. The van der Waals surface area contributed by atoms with Crippen molar-refractivity contribution in [2.75, 3.05) is 6.54 Å². The Bertz CT molecular complexity index is 1070. The Kier molecular flexibility index (Phi) is 4.76. The average molecular weight is 420 g/mol. The summed E-state index contributed by atoms with van der Waals surface area (Å²) in [7, 11) is 0. The quantitative estimate of drug-likeness (QED) is 0.728. The molecule has 6 heteroatoms. The van der Waals surface area contributed by atoms with Crippen molar-refractivity contribution in [3.8, 4) is 0 Å². The van der Waals surface area contributed by atoms with Crippen LogP contribution in [0.5, 0.6) is 0 Å². The molecule has 6 nitrogen and oxygen atoms in total. The lowest BCUT2D eigenvalue weighted by Gasteiger charge is -2.29. The van der Waals surface area contributed by atoms with Crippen molar-refractivity contribution < 1.29 is 14.4 Å². The van der Waals surface area contributed by atoms with Crippen molar-refractivity contribution in [1.82, 2.24) is 15.5 Å². The minimum Gasteiger partial charge on any atom is -0.352 e. The second kappa shape index (κ2) is 7.36. The molecule has 3 aliphatic rings. The zero-order chi connectivity index (χ0) is 21.8. The molecule has 31 heavy (non-hydrogen) atoms. The molecule has 0 aromatic heterocycles. The summed E-state index contributed by atoms with van der Waals surface area (Å²) in [6.45, 7) is 3.50. The lowest BCUT2D eigenvalue weighted by atomic mass is 9.84. The van der Waals surface area contributed by atoms with Crippen LogP contribution in [0.4, 0.5) is 4.79 Å². The fourth-order valence-electron chi connectivity index (χ4n) is 5.99. The van der Waals surface area contributed by atoms with E-state index in [2.05, 4.69) is 10.6 Å². The largest absolute Gasteiger partial charge is 0.352 e. The van der Waals surface area contributed by atoms with Crippen molar-refractivity contribution in [3.05, 3.63) is 48.0 Å². The molecule has 1 heterocycles. The van der Waals surface area contributed by atoms with Gasteiger partial charge >= 0.3 is 6.03 Å². The predicted molar refractivity (Wildman–Crippen MR) is 118 cm³/mol. The van der Waals surface area contributed by atoms with E-state index < -0.39 is 17.5 Å². The Hall–Kier alpha value is -2.89. The van der Waals surface area contributed by atoms with Gasteiger partial charge in [-0.25, -0.2) is 4.79 Å². The minimum absolute atomic E-state index is 0.0652. The first kappa shape index (κ1) is 20.0. The fraction of sp³-hybridized carbons (Fsp3) is 0.480. The van der Waals surface area contributed by atoms with Gasteiger partial charge < -0.3 is 10.6 Å². The molecular formula is C25H29N3O3. The van der Waals surface area contributed by atoms with Gasteiger partial charge in [-0.2, -0.15) is 0 Å². The highest BCUT2D eigenvalue weighted by molar-refractivity contribution is 6.09. The normalized spacial score (nSPS) is 30.6. The van der Waals surface area contributed by atoms with Gasteiger partial charge in [0, 0.05) is 6.04 Å². The molecule has 1 aliphatic heterocycles. The number of rotatable bonds is 5. The number of carbonyl (C=O) groups excluding carboxylic acids is 3. The van der Waals surface area contributed by atoms with E-state index in [0.29, 0.717) is 17.4 Å². The summed E-state index contributed by atoms with van der Waals surface area (Å²) in [6, 6.07) is 13.2. The molecule has 2 aliphatic carbocycles. The van der Waals surface area contributed by atoms with Crippen LogP contribution in [0.2, 0.25) is 0 Å². The summed E-state index contributed by atoms with van der Waals surface area (Å²) >= 11 is 0. The SMILES string of the molecule is C[C@H](NC(=O)CN1C(=O)N[C@@](C)(c2ccc3ccccc3c2)C1=O)[C@@H]1C[C@@H]2CC[C@@H]1C2. The maximum atomic E-state index is 13.2. The molecule has 162 valence electrons. The van der Waals surface area contributed by atoms with Gasteiger partial charge in [0.1, 0.15) is 12.1 Å². The maximum absolute atomic E-state index is 13.2. The van der Waals surface area contributed by atoms with Gasteiger partial charge in [-0.15, -0.1) is 0 Å². The number of urea groups is 1. The monoisotopic (exact) mass is 419 g/mol. The molecule has 4 amide bonds. The molecule has 0 unspecified atom stereocenters. The van der Waals surface area contributed by atoms with E-state index >= 15 is 0 Å². The van der Waals surface area contributed by atoms with Crippen LogP contribution in [0.15, 0.2) is 42.5 Å². The van der Waals surface area contributed by atoms with Gasteiger partial charge in [-0.1, -0.05) is 42.8 Å². The van der Waals surface area contributed by atoms with E-state index in [0.717, 1.165) is 21.6 Å². The Balaban J connectivity index is 1.28. The molecule has 0 spiro atoms. The number of hydrogen-bond acceptors (Lipinski definition) is 3. The Morgan fingerprint density at radius 1 is 1.16 bits per heavy atom. The number of fused-ring (bicyclic) bond motifs is 3. The summed E-state index contributed by atoms with van der Waals surface area (Å²) in [6.07, 6.45) is 5.03. The summed E-state index contributed by atoms with van der Waals surface area (Å²) < 4.78 is 0. The molecule has 3 fully saturated rings. The Morgan fingerprint density at radius 3 is 2.65 bits per heavy atom. The van der Waals surface area contributed by atoms with Gasteiger partial charge in [0.15, 0.2) is 0 Å². The van der Waals surface area contributed by atoms with Crippen LogP contribution in [0, 0.1) is 17.8 Å². The molecule has 2 aromatic carbocycles. The fourth-order valence-corrected chi connectivity index (χ4v) is 5.99. The van der Waals surface area contributed by atoms with Crippen molar-refractivity contribution in [1.29, 1.82) is 0 Å². The first-order valence-corrected chi connectivity index (χ1v) is 11.3. The third kappa shape index (κ3) is 3.38. The molecule has 5 rings (SSSR count). The molecule has 2 saturated carbocycles. The summed E-state index contributed by atoms with van der Waals surface area (Å²) in [5.74, 6) is 1.35. The first-order valence-electron chi connectivity index (χ1n) is 11.3. The average Bonchev–Trinajstić information content (AvgIpc) is 3.45. The van der Waals surface area contributed by atoms with Crippen molar-refractivity contribution in [2.24, 2.45) is 17.8 Å². The number of imide groups is 1. The number of nitrogens with one attached hydrogen (secondary N) is 2. The van der Waals surface area contributed by atoms with Crippen LogP contribution in [-0.4, -0.2) is 35.3 Å². The zero-order valence-electron chi connectivity index (χ0n) is 18.1. The summed E-state index contributed by atoms with van der Waals surface area (Å²) in [5, 5.41) is 7.92. The van der Waals surface area contributed by atoms with Crippen molar-refractivity contribution >= 4 is 28.6 Å². The van der Waals surface area contributed by atoms with E-state index in [1.807, 2.05) is 49.4 Å². The van der Waals surface area contributed by atoms with E-state index in [-0.39, 0.29) is 18.5 Å². The number of nitrogens with zero attached hydrogens (tertiary/aromatic N) is 1. The van der Waals surface area contributed by atoms with Crippen LogP contribution < -0.4 is 10.6 Å². The van der Waals surface area contributed by atoms with Gasteiger partial charge in [-0.3, -0.25) is 14.5 Å². The lowest BCUT2D eigenvalue weighted by molar-refractivity contribution is -0.135. The minimum atomic E-state index is -1.18. The molecule has 5 atom stereocenters. The molecular weight excluding hydrogens is 390 g/mol. The lowest BCUT2D eigenvalue weighted by Crippen LogP contribution is -2.47. The van der Waals surface area contributed by atoms with Crippen LogP contribution in [0.3, 0.4) is 0 Å². The van der Waals surface area contributed by atoms with E-state index in [1.54, 1.807) is 6.92 Å². The molecule has 1 saturated heterocycles. The second-order valence-corrected chi connectivity index (χ2v) is 9.70. The predicted octanol–water partition coefficient (Wildman–Crippen LogP) is 3.55. The molecule has 0 radical (unpaired) electrons. The smallest absolute Gasteiger partial charge is 0.325 e. The summed E-state index contributed by atoms with van der Waals surface area (Å²) in [5.41, 5.74) is -0.472. The molecule has 2 N–H and O–H groups in total. The van der Waals surface area contributed by atoms with Crippen LogP contribution in [-0.2, 0) is 15.1 Å². The molecule has 2 aromatic rings. The third-order valence-corrected chi connectivity index (χ3v) is 7.73. The number of benzene rings is 2. The highest BCUT2D eigenvalue weighted by Gasteiger charge is 2.50. The number of carbonyl (C=O) groups is 3. The first-order chi connectivity index (χ1) is 14.8. The van der Waals surface area contributed by atoms with Crippen LogP contribution in [0.1, 0.15) is 45.1 Å². The Labute approximate surface area is 182 Å². The maximum Gasteiger partial charge on any atom is 0.325 e. The van der Waals surface area contributed by atoms with Crippen molar-refractivity contribution in [3.63, 3.8) is 0 Å². The van der Waals surface area contributed by atoms with E-state index in [1.165, 1.54) is 25.7 Å². The standard InChI is InChI=1S/C25H29N3O3/c1-15(21-12-16-7-8-19(21)11-16)26-22(29)14-28-23(30)25(2,27-24(28)31)20-10-9-17-5-3-4-6-18(17)13-20/h3-6,9-10,13,15-16,19,21H,7-8,11-12,14H2,1-2H3,(H,26,29)(H,27,31)/t15-,16+,19+,21-,25-/m0/s1. The van der Waals surface area contributed by atoms with Gasteiger partial charge in [0.05, 0.1) is 0 Å². The molecule has 2 bridgehead atoms. The van der Waals surface area contributed by atoms with E-state index in [9.17, 15) is 14.4 Å². The van der Waals surface area contributed by atoms with Crippen LogP contribution in [0.25, 0.3) is 10.8 Å². The zero-order valence-corrected chi connectivity index (χ0v) is 18.1. The highest BCUT2D eigenvalue weighted by Crippen LogP contribution is 2.49. The van der Waals surface area contributed by atoms with Gasteiger partial charge in [-0.05, 0) is 73.3 Å².